The van der Waals surface area contributed by atoms with Crippen LogP contribution in [0.25, 0.3) is 0 Å². The lowest BCUT2D eigenvalue weighted by molar-refractivity contribution is -0.380. The van der Waals surface area contributed by atoms with Crippen molar-refractivity contribution in [2.75, 3.05) is 33.0 Å². The van der Waals surface area contributed by atoms with Gasteiger partial charge in [0.05, 0.1) is 62.5 Å². The van der Waals surface area contributed by atoms with Crippen molar-refractivity contribution < 1.29 is 149 Å². The van der Waals surface area contributed by atoms with E-state index in [1.807, 2.05) is 13.8 Å². The molecule has 8 fully saturated rings. The van der Waals surface area contributed by atoms with Crippen LogP contribution < -0.4 is 0 Å². The summed E-state index contributed by atoms with van der Waals surface area (Å²) < 4.78 is 59.1. The van der Waals surface area contributed by atoms with Crippen molar-refractivity contribution in [3.63, 3.8) is 0 Å². The van der Waals surface area contributed by atoms with Crippen molar-refractivity contribution in [3.05, 3.63) is 11.6 Å². The molecule has 30 nitrogen and oxygen atoms in total. The topological polar surface area (TPSA) is 497 Å². The molecule has 30 heteroatoms. The highest BCUT2D eigenvalue weighted by atomic mass is 16.8. The molecule has 35 atom stereocenters. The molecule has 3 saturated carbocycles. The first kappa shape index (κ1) is 72.8. The van der Waals surface area contributed by atoms with E-state index in [0.717, 1.165) is 5.57 Å². The van der Waals surface area contributed by atoms with Gasteiger partial charge >= 0.3 is 0 Å². The Balaban J connectivity index is 0.896. The maximum Gasteiger partial charge on any atom is 0.187 e. The third kappa shape index (κ3) is 13.0. The largest absolute Gasteiger partial charge is 0.394 e. The van der Waals surface area contributed by atoms with Crippen LogP contribution in [-0.4, -0.2) is 318 Å². The fraction of sp³-hybridized carbons (Fsp3) is 0.967. The van der Waals surface area contributed by atoms with Gasteiger partial charge in [-0.1, -0.05) is 46.3 Å². The SMILES string of the molecule is CC(C)(O)C(CCC(C)(O)C1CCC2(C)C3CC=C4C(CCC(OC5OC(COC6OC(CO)C(O)C(O)C6O)C(O)C(O)C5O)C4(C)C)C3(C)C(O)CC12C)OC1OC(COC2OC(CO)C(O)C(O)C2O)C(O)C(O)C1OC1OC(CO)C(O)C(O)C1O. The summed E-state index contributed by atoms with van der Waals surface area (Å²) in [6, 6.07) is 0. The average molecular weight is 1300 g/mol. The van der Waals surface area contributed by atoms with E-state index in [2.05, 4.69) is 26.8 Å². The average Bonchev–Trinajstić information content (AvgIpc) is 1.31. The minimum atomic E-state index is -2.01. The molecule has 0 radical (unpaired) electrons. The van der Waals surface area contributed by atoms with Gasteiger partial charge in [-0.2, -0.15) is 0 Å². The minimum Gasteiger partial charge on any atom is -0.394 e. The van der Waals surface area contributed by atoms with Crippen molar-refractivity contribution in [2.24, 2.45) is 39.4 Å². The van der Waals surface area contributed by atoms with Gasteiger partial charge in [0.25, 0.3) is 0 Å². The molecule has 0 aromatic carbocycles. The van der Waals surface area contributed by atoms with Crippen LogP contribution in [0.3, 0.4) is 0 Å². The third-order valence-electron chi connectivity index (χ3n) is 22.9. The molecule has 0 aromatic heterocycles. The number of hydrogen-bond acceptors (Lipinski definition) is 30. The predicted molar refractivity (Wildman–Crippen MR) is 302 cm³/mol. The summed E-state index contributed by atoms with van der Waals surface area (Å²) in [6.45, 7) is 11.5. The van der Waals surface area contributed by atoms with E-state index in [1.54, 1.807) is 6.92 Å². The second kappa shape index (κ2) is 27.5. The Hall–Kier alpha value is -1.46. The fourth-order valence-electron chi connectivity index (χ4n) is 17.0. The zero-order valence-corrected chi connectivity index (χ0v) is 52.2. The van der Waals surface area contributed by atoms with E-state index >= 15 is 0 Å². The van der Waals surface area contributed by atoms with Crippen LogP contribution in [0.1, 0.15) is 107 Å². The summed E-state index contributed by atoms with van der Waals surface area (Å²) in [6.07, 6.45) is -40.2. The van der Waals surface area contributed by atoms with E-state index < -0.39 is 244 Å². The van der Waals surface area contributed by atoms with Crippen molar-refractivity contribution >= 4 is 0 Å². The lowest BCUT2D eigenvalue weighted by Gasteiger charge is -2.68. The van der Waals surface area contributed by atoms with E-state index in [0.29, 0.717) is 38.5 Å². The molecular formula is C60H102O30. The Kier molecular flexibility index (Phi) is 22.2. The van der Waals surface area contributed by atoms with Crippen molar-refractivity contribution in [2.45, 2.75) is 290 Å². The second-order valence-electron chi connectivity index (χ2n) is 29.0. The number of aliphatic hydroxyl groups is 20. The van der Waals surface area contributed by atoms with Gasteiger partial charge in [0.15, 0.2) is 31.5 Å². The quantitative estimate of drug-likeness (QED) is 0.0504. The Morgan fingerprint density at radius 2 is 0.944 bits per heavy atom. The number of allylic oxidation sites excluding steroid dienone is 1. The molecule has 522 valence electrons. The fourth-order valence-corrected chi connectivity index (χ4v) is 17.0. The van der Waals surface area contributed by atoms with Gasteiger partial charge < -0.3 is 149 Å². The summed E-state index contributed by atoms with van der Waals surface area (Å²) in [5, 5.41) is 218. The van der Waals surface area contributed by atoms with Crippen molar-refractivity contribution in [1.29, 1.82) is 0 Å². The maximum atomic E-state index is 12.9. The molecule has 90 heavy (non-hydrogen) atoms. The number of rotatable bonds is 20. The van der Waals surface area contributed by atoms with Crippen LogP contribution in [0.4, 0.5) is 0 Å². The normalized spacial score (nSPS) is 51.7. The lowest BCUT2D eigenvalue weighted by Crippen LogP contribution is -2.66. The van der Waals surface area contributed by atoms with E-state index in [9.17, 15) is 102 Å². The standard InChI is InChI=1S/C60H102O30/c1-55(2)23-9-11-31-57(5)15-13-30(58(57,6)17-32(64)60(31,8)24(23)10-12-33(55)88-52-47(77)43(73)38(68)28(86-52)21-81-50-45(75)40(70)35(65)25(18-61)83-50)59(7,80)16-14-34(56(3,4)79)89-54-49(90-53-48(78)42(72)37(67)27(20-63)85-53)44(74)39(69)29(87-54)22-82-51-46(76)41(71)36(66)26(19-62)84-51/h9,24-54,61-80H,10-22H2,1-8H3. The maximum absolute atomic E-state index is 12.9. The van der Waals surface area contributed by atoms with Crippen molar-refractivity contribution in [1.82, 2.24) is 0 Å². The first-order valence-corrected chi connectivity index (χ1v) is 31.6. The molecule has 4 aliphatic carbocycles. The predicted octanol–water partition coefficient (Wildman–Crippen LogP) is -6.29. The highest BCUT2D eigenvalue weighted by Gasteiger charge is 2.72. The van der Waals surface area contributed by atoms with Gasteiger partial charge in [-0.25, -0.2) is 0 Å². The Morgan fingerprint density at radius 1 is 0.511 bits per heavy atom. The van der Waals surface area contributed by atoms with Crippen LogP contribution in [0.15, 0.2) is 11.6 Å². The smallest absolute Gasteiger partial charge is 0.187 e. The van der Waals surface area contributed by atoms with Gasteiger partial charge in [0.1, 0.15) is 122 Å². The Morgan fingerprint density at radius 3 is 1.43 bits per heavy atom. The molecule has 35 unspecified atom stereocenters. The summed E-state index contributed by atoms with van der Waals surface area (Å²) in [4.78, 5) is 0. The Labute approximate surface area is 522 Å². The van der Waals surface area contributed by atoms with Gasteiger partial charge in [0, 0.05) is 10.8 Å². The molecule has 0 spiro atoms. The molecule has 5 aliphatic heterocycles. The summed E-state index contributed by atoms with van der Waals surface area (Å²) in [5.74, 6) is -0.675. The highest BCUT2D eigenvalue weighted by Crippen LogP contribution is 2.75. The van der Waals surface area contributed by atoms with E-state index in [1.165, 1.54) is 13.8 Å². The zero-order valence-electron chi connectivity index (χ0n) is 52.2. The molecular weight excluding hydrogens is 1200 g/mol. The highest BCUT2D eigenvalue weighted by molar-refractivity contribution is 5.32. The first-order chi connectivity index (χ1) is 41.9. The summed E-state index contributed by atoms with van der Waals surface area (Å²) in [7, 11) is 0. The zero-order chi connectivity index (χ0) is 66.4. The molecule has 9 aliphatic rings. The molecule has 5 saturated heterocycles. The van der Waals surface area contributed by atoms with E-state index in [-0.39, 0.29) is 24.7 Å². The molecule has 5 heterocycles. The molecule has 0 aromatic rings. The summed E-state index contributed by atoms with van der Waals surface area (Å²) >= 11 is 0. The van der Waals surface area contributed by atoms with Gasteiger partial charge in [-0.3, -0.25) is 0 Å². The molecule has 20 N–H and O–H groups in total. The van der Waals surface area contributed by atoms with Crippen LogP contribution in [0.2, 0.25) is 0 Å². The van der Waals surface area contributed by atoms with Crippen LogP contribution in [0.5, 0.6) is 0 Å². The van der Waals surface area contributed by atoms with E-state index in [4.69, 9.17) is 47.4 Å². The van der Waals surface area contributed by atoms with Crippen LogP contribution in [0, 0.1) is 39.4 Å². The Bertz CT molecular complexity index is 2390. The van der Waals surface area contributed by atoms with Crippen molar-refractivity contribution in [3.8, 4) is 0 Å². The lowest BCUT2D eigenvalue weighted by atomic mass is 9.38. The van der Waals surface area contributed by atoms with Gasteiger partial charge in [-0.05, 0) is 101 Å². The van der Waals surface area contributed by atoms with Crippen LogP contribution >= 0.6 is 0 Å². The van der Waals surface area contributed by atoms with Crippen LogP contribution in [-0.2, 0) is 47.4 Å². The van der Waals surface area contributed by atoms with Gasteiger partial charge in [0.2, 0.25) is 0 Å². The monoisotopic (exact) mass is 1300 g/mol. The number of hydrogen-bond donors (Lipinski definition) is 20. The number of fused-ring (bicyclic) bond motifs is 5. The minimum absolute atomic E-state index is 0.0144. The third-order valence-corrected chi connectivity index (χ3v) is 22.9. The molecule has 0 bridgehead atoms. The van der Waals surface area contributed by atoms with Gasteiger partial charge in [-0.15, -0.1) is 0 Å². The number of aliphatic hydroxyl groups excluding tert-OH is 18. The summed E-state index contributed by atoms with van der Waals surface area (Å²) in [5.41, 5.74) is -4.78. The molecule has 9 rings (SSSR count). The molecule has 0 amide bonds. The number of ether oxygens (including phenoxy) is 10. The second-order valence-corrected chi connectivity index (χ2v) is 29.0. The first-order valence-electron chi connectivity index (χ1n) is 31.6.